The van der Waals surface area contributed by atoms with Gasteiger partial charge in [-0.1, -0.05) is 18.2 Å². The number of rotatable bonds is 3. The van der Waals surface area contributed by atoms with Gasteiger partial charge in [0.2, 0.25) is 12.7 Å². The average Bonchev–Trinajstić information content (AvgIpc) is 3.24. The van der Waals surface area contributed by atoms with Crippen LogP contribution >= 0.6 is 0 Å². The van der Waals surface area contributed by atoms with Crippen molar-refractivity contribution in [3.63, 3.8) is 0 Å². The number of phenolic OH excluding ortho intramolecular Hbond substituents is 1. The summed E-state index contributed by atoms with van der Waals surface area (Å²) >= 11 is 0. The number of benzene rings is 2. The molecule has 3 N–H and O–H groups in total. The fourth-order valence-corrected chi connectivity index (χ4v) is 4.10. The predicted molar refractivity (Wildman–Crippen MR) is 115 cm³/mol. The Bertz CT molecular complexity index is 1370. The van der Waals surface area contributed by atoms with E-state index in [2.05, 4.69) is 6.07 Å². The third kappa shape index (κ3) is 3.11. The topological polar surface area (TPSA) is 120 Å². The van der Waals surface area contributed by atoms with Gasteiger partial charge in [-0.3, -0.25) is 4.79 Å². The first-order valence-corrected chi connectivity index (χ1v) is 9.95. The molecule has 8 nitrogen and oxygen atoms in total. The molecule has 5 rings (SSSR count). The van der Waals surface area contributed by atoms with Crippen LogP contribution in [0, 0.1) is 18.3 Å². The number of phenols is 1. The lowest BCUT2D eigenvalue weighted by molar-refractivity contribution is 0.174. The molecular formula is C24H19N3O5. The maximum Gasteiger partial charge on any atom is 0.259 e. The molecule has 160 valence electrons. The summed E-state index contributed by atoms with van der Waals surface area (Å²) in [6.07, 6.45) is 0. The van der Waals surface area contributed by atoms with Gasteiger partial charge in [-0.05, 0) is 42.3 Å². The molecule has 0 radical (unpaired) electrons. The summed E-state index contributed by atoms with van der Waals surface area (Å²) < 4.78 is 18.1. The summed E-state index contributed by atoms with van der Waals surface area (Å²) in [4.78, 5) is 13.7. The van der Waals surface area contributed by atoms with Gasteiger partial charge in [0.05, 0.1) is 18.0 Å². The molecule has 8 heteroatoms. The van der Waals surface area contributed by atoms with E-state index in [0.717, 1.165) is 5.56 Å². The number of nitrogens with two attached hydrogens (primary N) is 1. The zero-order valence-corrected chi connectivity index (χ0v) is 17.2. The number of aromatic nitrogens is 1. The van der Waals surface area contributed by atoms with Crippen molar-refractivity contribution in [1.29, 1.82) is 5.26 Å². The first kappa shape index (κ1) is 19.6. The number of nitriles is 1. The normalized spacial score (nSPS) is 16.3. The van der Waals surface area contributed by atoms with Crippen molar-refractivity contribution < 1.29 is 19.3 Å². The Morgan fingerprint density at radius 1 is 1.12 bits per heavy atom. The van der Waals surface area contributed by atoms with Crippen molar-refractivity contribution in [2.75, 3.05) is 6.79 Å². The van der Waals surface area contributed by atoms with E-state index in [9.17, 15) is 15.2 Å². The summed E-state index contributed by atoms with van der Waals surface area (Å²) in [5.41, 5.74) is 8.43. The number of allylic oxidation sites excluding steroid dienone is 1. The lowest BCUT2D eigenvalue weighted by Crippen LogP contribution is -2.33. The van der Waals surface area contributed by atoms with Gasteiger partial charge < -0.3 is 29.6 Å². The Labute approximate surface area is 183 Å². The van der Waals surface area contributed by atoms with Gasteiger partial charge in [-0.15, -0.1) is 0 Å². The van der Waals surface area contributed by atoms with Gasteiger partial charge in [0.15, 0.2) is 11.5 Å². The molecule has 1 aromatic heterocycles. The summed E-state index contributed by atoms with van der Waals surface area (Å²) in [5, 5.41) is 19.4. The van der Waals surface area contributed by atoms with E-state index in [1.807, 2.05) is 25.1 Å². The minimum Gasteiger partial charge on any atom is -0.508 e. The lowest BCUT2D eigenvalue weighted by Gasteiger charge is -2.27. The van der Waals surface area contributed by atoms with Crippen LogP contribution in [-0.2, 0) is 6.54 Å². The smallest absolute Gasteiger partial charge is 0.259 e. The molecular weight excluding hydrogens is 410 g/mol. The van der Waals surface area contributed by atoms with Crippen molar-refractivity contribution in [3.8, 4) is 29.1 Å². The molecule has 3 aromatic rings. The molecule has 2 aliphatic rings. The molecule has 0 spiro atoms. The molecule has 2 aromatic carbocycles. The highest BCUT2D eigenvalue weighted by atomic mass is 16.7. The molecule has 0 bridgehead atoms. The van der Waals surface area contributed by atoms with E-state index < -0.39 is 5.92 Å². The van der Waals surface area contributed by atoms with Gasteiger partial charge in [-0.2, -0.15) is 5.26 Å². The molecule has 2 aliphatic heterocycles. The molecule has 0 saturated carbocycles. The number of ether oxygens (including phenoxy) is 3. The Morgan fingerprint density at radius 2 is 1.88 bits per heavy atom. The van der Waals surface area contributed by atoms with E-state index in [4.69, 9.17) is 19.9 Å². The van der Waals surface area contributed by atoms with Crippen LogP contribution in [0.2, 0.25) is 0 Å². The molecule has 32 heavy (non-hydrogen) atoms. The van der Waals surface area contributed by atoms with Gasteiger partial charge in [0, 0.05) is 11.8 Å². The predicted octanol–water partition coefficient (Wildman–Crippen LogP) is 2.86. The second-order valence-corrected chi connectivity index (χ2v) is 7.66. The minimum absolute atomic E-state index is 0.0367. The molecule has 0 fully saturated rings. The van der Waals surface area contributed by atoms with Crippen molar-refractivity contribution in [2.45, 2.75) is 19.4 Å². The first-order chi connectivity index (χ1) is 15.5. The molecule has 0 aliphatic carbocycles. The highest BCUT2D eigenvalue weighted by Gasteiger charge is 2.34. The SMILES string of the molecule is Cc1cc2c(c(=O)n1Cc1ccc3c(c1)OCO3)[C@@H](c1ccc(O)cc1)C(C#N)=C(N)O2. The van der Waals surface area contributed by atoms with Gasteiger partial charge in [0.25, 0.3) is 5.56 Å². The number of nitrogens with zero attached hydrogens (tertiary/aromatic N) is 2. The van der Waals surface area contributed by atoms with Crippen LogP contribution in [0.4, 0.5) is 0 Å². The number of aromatic hydroxyl groups is 1. The van der Waals surface area contributed by atoms with Crippen LogP contribution in [0.3, 0.4) is 0 Å². The van der Waals surface area contributed by atoms with Crippen LogP contribution in [0.15, 0.2) is 64.8 Å². The van der Waals surface area contributed by atoms with E-state index in [1.165, 1.54) is 12.1 Å². The van der Waals surface area contributed by atoms with E-state index in [1.54, 1.807) is 22.8 Å². The number of hydrogen-bond donors (Lipinski definition) is 2. The highest BCUT2D eigenvalue weighted by molar-refractivity contribution is 5.55. The third-order valence-electron chi connectivity index (χ3n) is 5.69. The summed E-state index contributed by atoms with van der Waals surface area (Å²) in [7, 11) is 0. The van der Waals surface area contributed by atoms with Gasteiger partial charge >= 0.3 is 0 Å². The Kier molecular flexibility index (Phi) is 4.52. The van der Waals surface area contributed by atoms with Crippen LogP contribution in [0.1, 0.15) is 28.3 Å². The second kappa shape index (κ2) is 7.39. The standard InChI is InChI=1S/C24H19N3O5/c1-13-8-20-22(21(17(10-25)23(26)32-20)15-3-5-16(28)6-4-15)24(29)27(13)11-14-2-7-18-19(9-14)31-12-30-18/h2-9,21,28H,11-12,26H2,1H3/t21-/m0/s1. The lowest BCUT2D eigenvalue weighted by atomic mass is 9.84. The maximum absolute atomic E-state index is 13.7. The van der Waals surface area contributed by atoms with E-state index in [0.29, 0.717) is 40.6 Å². The number of pyridine rings is 1. The fraction of sp³-hybridized carbons (Fsp3) is 0.167. The Hall–Kier alpha value is -4.38. The monoisotopic (exact) mass is 429 g/mol. The van der Waals surface area contributed by atoms with Gasteiger partial charge in [-0.25, -0.2) is 0 Å². The van der Waals surface area contributed by atoms with Crippen LogP contribution in [0.25, 0.3) is 0 Å². The zero-order valence-electron chi connectivity index (χ0n) is 17.2. The summed E-state index contributed by atoms with van der Waals surface area (Å²) in [5.74, 6) is 0.970. The second-order valence-electron chi connectivity index (χ2n) is 7.66. The maximum atomic E-state index is 13.7. The number of aryl methyl sites for hydroxylation is 1. The summed E-state index contributed by atoms with van der Waals surface area (Å²) in [6, 6.07) is 15.7. The fourth-order valence-electron chi connectivity index (χ4n) is 4.10. The Balaban J connectivity index is 1.65. The molecule has 3 heterocycles. The van der Waals surface area contributed by atoms with Crippen molar-refractivity contribution in [2.24, 2.45) is 5.73 Å². The van der Waals surface area contributed by atoms with E-state index in [-0.39, 0.29) is 29.6 Å². The molecule has 0 unspecified atom stereocenters. The van der Waals surface area contributed by atoms with Crippen molar-refractivity contribution in [3.05, 3.63) is 92.7 Å². The molecule has 0 saturated heterocycles. The van der Waals surface area contributed by atoms with Crippen molar-refractivity contribution in [1.82, 2.24) is 4.57 Å². The van der Waals surface area contributed by atoms with Crippen LogP contribution < -0.4 is 25.5 Å². The average molecular weight is 429 g/mol. The van der Waals surface area contributed by atoms with Gasteiger partial charge in [0.1, 0.15) is 23.1 Å². The highest BCUT2D eigenvalue weighted by Crippen LogP contribution is 2.41. The van der Waals surface area contributed by atoms with Crippen molar-refractivity contribution >= 4 is 0 Å². The quantitative estimate of drug-likeness (QED) is 0.657. The van der Waals surface area contributed by atoms with E-state index >= 15 is 0 Å². The molecule has 1 atom stereocenters. The third-order valence-corrected chi connectivity index (χ3v) is 5.69. The number of fused-ring (bicyclic) bond motifs is 2. The van der Waals surface area contributed by atoms with Crippen LogP contribution in [-0.4, -0.2) is 16.5 Å². The zero-order chi connectivity index (χ0) is 22.4. The summed E-state index contributed by atoms with van der Waals surface area (Å²) in [6.45, 7) is 2.29. The molecule has 0 amide bonds. The van der Waals surface area contributed by atoms with Crippen LogP contribution in [0.5, 0.6) is 23.0 Å². The first-order valence-electron chi connectivity index (χ1n) is 9.95. The number of hydrogen-bond acceptors (Lipinski definition) is 7. The largest absolute Gasteiger partial charge is 0.508 e. The Morgan fingerprint density at radius 3 is 2.62 bits per heavy atom. The minimum atomic E-state index is -0.708.